The highest BCUT2D eigenvalue weighted by Gasteiger charge is 2.22. The zero-order valence-electron chi connectivity index (χ0n) is 11.8. The van der Waals surface area contributed by atoms with E-state index in [1.54, 1.807) is 0 Å². The van der Waals surface area contributed by atoms with Crippen LogP contribution < -0.4 is 5.73 Å². The van der Waals surface area contributed by atoms with Crippen molar-refractivity contribution < 1.29 is 0 Å². The maximum atomic E-state index is 6.34. The van der Waals surface area contributed by atoms with Crippen LogP contribution in [0.15, 0.2) is 24.3 Å². The van der Waals surface area contributed by atoms with Gasteiger partial charge in [0, 0.05) is 24.0 Å². The summed E-state index contributed by atoms with van der Waals surface area (Å²) in [5.74, 6) is 0.629. The molecule has 0 saturated carbocycles. The first-order valence-corrected chi connectivity index (χ1v) is 7.51. The van der Waals surface area contributed by atoms with E-state index in [-0.39, 0.29) is 0 Å². The number of nitrogens with zero attached hydrogens (tertiary/aromatic N) is 2. The average Bonchev–Trinajstić information content (AvgIpc) is 2.87. The van der Waals surface area contributed by atoms with Crippen molar-refractivity contribution in [2.45, 2.75) is 19.9 Å². The Morgan fingerprint density at radius 1 is 1.40 bits per heavy atom. The second-order valence-corrected chi connectivity index (χ2v) is 6.12. The predicted octanol–water partition coefficient (Wildman–Crippen LogP) is 2.98. The van der Waals surface area contributed by atoms with Crippen molar-refractivity contribution >= 4 is 22.5 Å². The SMILES string of the molecule is Cc1ccc2cc(CN3CCC(CN)C3)c(Cl)nc2c1. The van der Waals surface area contributed by atoms with Crippen LogP contribution in [0.5, 0.6) is 0 Å². The maximum absolute atomic E-state index is 6.34. The number of aryl methyl sites for hydroxylation is 1. The van der Waals surface area contributed by atoms with E-state index in [1.807, 2.05) is 0 Å². The molecule has 2 N–H and O–H groups in total. The van der Waals surface area contributed by atoms with Crippen LogP contribution in [0.4, 0.5) is 0 Å². The summed E-state index contributed by atoms with van der Waals surface area (Å²) in [5.41, 5.74) is 9.03. The number of nitrogens with two attached hydrogens (primary N) is 1. The zero-order valence-corrected chi connectivity index (χ0v) is 12.5. The minimum Gasteiger partial charge on any atom is -0.330 e. The fourth-order valence-electron chi connectivity index (χ4n) is 2.90. The molecule has 0 bridgehead atoms. The Morgan fingerprint density at radius 3 is 3.00 bits per heavy atom. The summed E-state index contributed by atoms with van der Waals surface area (Å²) in [5, 5.41) is 1.78. The molecule has 1 aliphatic rings. The molecule has 0 aliphatic carbocycles. The zero-order chi connectivity index (χ0) is 14.1. The van der Waals surface area contributed by atoms with E-state index in [2.05, 4.69) is 41.1 Å². The number of pyridine rings is 1. The third-order valence-corrected chi connectivity index (χ3v) is 4.42. The molecular formula is C16H20ClN3. The second kappa shape index (κ2) is 5.68. The van der Waals surface area contributed by atoms with Gasteiger partial charge in [-0.05, 0) is 50.0 Å². The van der Waals surface area contributed by atoms with Crippen LogP contribution in [0.3, 0.4) is 0 Å². The Hall–Kier alpha value is -1.16. The Labute approximate surface area is 124 Å². The van der Waals surface area contributed by atoms with Crippen LogP contribution in [-0.2, 0) is 6.54 Å². The van der Waals surface area contributed by atoms with Gasteiger partial charge < -0.3 is 5.73 Å². The van der Waals surface area contributed by atoms with Crippen molar-refractivity contribution in [1.82, 2.24) is 9.88 Å². The number of fused-ring (bicyclic) bond motifs is 1. The van der Waals surface area contributed by atoms with Gasteiger partial charge in [0.1, 0.15) is 5.15 Å². The lowest BCUT2D eigenvalue weighted by Gasteiger charge is -2.16. The summed E-state index contributed by atoms with van der Waals surface area (Å²) >= 11 is 6.34. The molecule has 2 heterocycles. The largest absolute Gasteiger partial charge is 0.330 e. The molecule has 20 heavy (non-hydrogen) atoms. The van der Waals surface area contributed by atoms with E-state index in [0.717, 1.165) is 42.6 Å². The Kier molecular flexibility index (Phi) is 3.92. The first kappa shape index (κ1) is 13.8. The van der Waals surface area contributed by atoms with Gasteiger partial charge in [-0.2, -0.15) is 0 Å². The monoisotopic (exact) mass is 289 g/mol. The van der Waals surface area contributed by atoms with Crippen molar-refractivity contribution in [3.8, 4) is 0 Å². The van der Waals surface area contributed by atoms with Gasteiger partial charge in [-0.1, -0.05) is 23.7 Å². The Bertz CT molecular complexity index is 626. The molecular weight excluding hydrogens is 270 g/mol. The molecule has 1 aromatic carbocycles. The average molecular weight is 290 g/mol. The fraction of sp³-hybridized carbons (Fsp3) is 0.438. The van der Waals surface area contributed by atoms with Gasteiger partial charge in [0.15, 0.2) is 0 Å². The number of rotatable bonds is 3. The van der Waals surface area contributed by atoms with Crippen molar-refractivity contribution in [1.29, 1.82) is 0 Å². The van der Waals surface area contributed by atoms with Crippen LogP contribution in [0.2, 0.25) is 5.15 Å². The minimum atomic E-state index is 0.624. The summed E-state index contributed by atoms with van der Waals surface area (Å²) < 4.78 is 0. The van der Waals surface area contributed by atoms with Crippen LogP contribution in [0, 0.1) is 12.8 Å². The van der Waals surface area contributed by atoms with Gasteiger partial charge >= 0.3 is 0 Å². The van der Waals surface area contributed by atoms with Gasteiger partial charge in [0.2, 0.25) is 0 Å². The molecule has 106 valence electrons. The molecule has 0 amide bonds. The molecule has 0 spiro atoms. The maximum Gasteiger partial charge on any atom is 0.134 e. The van der Waals surface area contributed by atoms with Crippen LogP contribution in [-0.4, -0.2) is 29.5 Å². The lowest BCUT2D eigenvalue weighted by atomic mass is 10.1. The second-order valence-electron chi connectivity index (χ2n) is 5.76. The quantitative estimate of drug-likeness (QED) is 0.883. The lowest BCUT2D eigenvalue weighted by molar-refractivity contribution is 0.318. The van der Waals surface area contributed by atoms with Crippen molar-refractivity contribution in [3.05, 3.63) is 40.5 Å². The van der Waals surface area contributed by atoms with Gasteiger partial charge in [0.05, 0.1) is 5.52 Å². The normalized spacial score (nSPS) is 19.9. The molecule has 1 fully saturated rings. The molecule has 1 aromatic heterocycles. The van der Waals surface area contributed by atoms with Crippen LogP contribution in [0.1, 0.15) is 17.5 Å². The van der Waals surface area contributed by atoms with Crippen LogP contribution in [0.25, 0.3) is 10.9 Å². The fourth-order valence-corrected chi connectivity index (χ4v) is 3.10. The molecule has 1 saturated heterocycles. The van der Waals surface area contributed by atoms with Gasteiger partial charge in [-0.25, -0.2) is 4.98 Å². The van der Waals surface area contributed by atoms with Crippen LogP contribution >= 0.6 is 11.6 Å². The van der Waals surface area contributed by atoms with E-state index < -0.39 is 0 Å². The number of likely N-dealkylation sites (tertiary alicyclic amines) is 1. The third kappa shape index (κ3) is 2.80. The number of hydrogen-bond donors (Lipinski definition) is 1. The van der Waals surface area contributed by atoms with Gasteiger partial charge in [-0.3, -0.25) is 4.90 Å². The molecule has 1 aliphatic heterocycles. The third-order valence-electron chi connectivity index (χ3n) is 4.10. The summed E-state index contributed by atoms with van der Waals surface area (Å²) in [6.07, 6.45) is 1.19. The van der Waals surface area contributed by atoms with Gasteiger partial charge in [0.25, 0.3) is 0 Å². The topological polar surface area (TPSA) is 42.1 Å². The highest BCUT2D eigenvalue weighted by atomic mass is 35.5. The smallest absolute Gasteiger partial charge is 0.134 e. The molecule has 4 heteroatoms. The summed E-state index contributed by atoms with van der Waals surface area (Å²) in [7, 11) is 0. The Balaban J connectivity index is 1.84. The first-order chi connectivity index (χ1) is 9.65. The summed E-state index contributed by atoms with van der Waals surface area (Å²) in [6.45, 7) is 5.88. The number of hydrogen-bond acceptors (Lipinski definition) is 3. The van der Waals surface area contributed by atoms with E-state index in [0.29, 0.717) is 11.1 Å². The highest BCUT2D eigenvalue weighted by molar-refractivity contribution is 6.30. The molecule has 3 nitrogen and oxygen atoms in total. The highest BCUT2D eigenvalue weighted by Crippen LogP contribution is 2.25. The lowest BCUT2D eigenvalue weighted by Crippen LogP contribution is -2.23. The molecule has 0 radical (unpaired) electrons. The van der Waals surface area contributed by atoms with Gasteiger partial charge in [-0.15, -0.1) is 0 Å². The first-order valence-electron chi connectivity index (χ1n) is 7.14. The molecule has 1 unspecified atom stereocenters. The number of aromatic nitrogens is 1. The predicted molar refractivity (Wildman–Crippen MR) is 83.9 cm³/mol. The van der Waals surface area contributed by atoms with E-state index in [4.69, 9.17) is 17.3 Å². The van der Waals surface area contributed by atoms with Crippen molar-refractivity contribution in [3.63, 3.8) is 0 Å². The van der Waals surface area contributed by atoms with Crippen molar-refractivity contribution in [2.24, 2.45) is 11.7 Å². The van der Waals surface area contributed by atoms with E-state index in [1.165, 1.54) is 12.0 Å². The molecule has 2 aromatic rings. The molecule has 1 atom stereocenters. The Morgan fingerprint density at radius 2 is 2.25 bits per heavy atom. The van der Waals surface area contributed by atoms with E-state index >= 15 is 0 Å². The minimum absolute atomic E-state index is 0.624. The van der Waals surface area contributed by atoms with Crippen molar-refractivity contribution in [2.75, 3.05) is 19.6 Å². The number of halogens is 1. The van der Waals surface area contributed by atoms with E-state index in [9.17, 15) is 0 Å². The summed E-state index contributed by atoms with van der Waals surface area (Å²) in [4.78, 5) is 6.95. The summed E-state index contributed by atoms with van der Waals surface area (Å²) in [6, 6.07) is 8.47. The number of benzene rings is 1. The molecule has 3 rings (SSSR count). The standard InChI is InChI=1S/C16H20ClN3/c1-11-2-3-13-7-14(16(17)19-15(13)6-11)10-20-5-4-12(8-18)9-20/h2-3,6-7,12H,4-5,8-10,18H2,1H3.